The summed E-state index contributed by atoms with van der Waals surface area (Å²) in [6.45, 7) is 2.80. The number of esters is 2. The molecule has 31 heavy (non-hydrogen) atoms. The molecule has 2 aromatic rings. The molecule has 166 valence electrons. The molecule has 2 rings (SSSR count). The lowest BCUT2D eigenvalue weighted by Gasteiger charge is -2.10. The molecular formula is C24H28O7. The van der Waals surface area contributed by atoms with Crippen molar-refractivity contribution in [2.75, 3.05) is 0 Å². The van der Waals surface area contributed by atoms with Crippen LogP contribution in [0.15, 0.2) is 43.0 Å². The largest absolute Gasteiger partial charge is 0.507 e. The number of hydrogen-bond donors (Lipinski definition) is 3. The van der Waals surface area contributed by atoms with Gasteiger partial charge in [-0.15, -0.1) is 0 Å². The van der Waals surface area contributed by atoms with Gasteiger partial charge >= 0.3 is 11.9 Å². The van der Waals surface area contributed by atoms with E-state index in [4.69, 9.17) is 9.47 Å². The maximum atomic E-state index is 12.0. The standard InChI is InChI=1S/C24H28O7/c1-2-17-9-11-20(12-10-17)30-22(27)7-5-3-4-6-8-23(28)31-21-13-18(15-25)24(29)19(14-21)16-26/h2,9-14,25-26,29H,1,3-8,15-16H2. The molecule has 7 heteroatoms. The van der Waals surface area contributed by atoms with E-state index in [1.807, 2.05) is 12.1 Å². The molecule has 0 spiro atoms. The third-order valence-corrected chi connectivity index (χ3v) is 4.67. The van der Waals surface area contributed by atoms with E-state index >= 15 is 0 Å². The lowest BCUT2D eigenvalue weighted by atomic mass is 10.1. The van der Waals surface area contributed by atoms with Gasteiger partial charge in [-0.3, -0.25) is 9.59 Å². The number of carbonyl (C=O) groups is 2. The summed E-state index contributed by atoms with van der Waals surface area (Å²) in [6, 6.07) is 9.82. The molecule has 7 nitrogen and oxygen atoms in total. The zero-order valence-corrected chi connectivity index (χ0v) is 17.4. The van der Waals surface area contributed by atoms with Gasteiger partial charge in [-0.2, -0.15) is 0 Å². The van der Waals surface area contributed by atoms with Crippen molar-refractivity contribution >= 4 is 18.0 Å². The van der Waals surface area contributed by atoms with E-state index in [2.05, 4.69) is 6.58 Å². The first-order valence-electron chi connectivity index (χ1n) is 10.2. The summed E-state index contributed by atoms with van der Waals surface area (Å²) < 4.78 is 10.5. The van der Waals surface area contributed by atoms with Gasteiger partial charge in [0.2, 0.25) is 0 Å². The number of hydrogen-bond acceptors (Lipinski definition) is 7. The average Bonchev–Trinajstić information content (AvgIpc) is 2.77. The topological polar surface area (TPSA) is 113 Å². The zero-order chi connectivity index (χ0) is 22.6. The van der Waals surface area contributed by atoms with Gasteiger partial charge < -0.3 is 24.8 Å². The Bertz CT molecular complexity index is 862. The molecule has 0 aliphatic carbocycles. The van der Waals surface area contributed by atoms with Crippen LogP contribution in [0.4, 0.5) is 0 Å². The van der Waals surface area contributed by atoms with Gasteiger partial charge in [-0.25, -0.2) is 0 Å². The highest BCUT2D eigenvalue weighted by Gasteiger charge is 2.12. The van der Waals surface area contributed by atoms with Crippen molar-refractivity contribution in [1.82, 2.24) is 0 Å². The molecule has 0 atom stereocenters. The zero-order valence-electron chi connectivity index (χ0n) is 17.4. The summed E-state index contributed by atoms with van der Waals surface area (Å²) >= 11 is 0. The third-order valence-electron chi connectivity index (χ3n) is 4.67. The van der Waals surface area contributed by atoms with E-state index in [1.165, 1.54) is 12.1 Å². The Morgan fingerprint density at radius 2 is 1.29 bits per heavy atom. The summed E-state index contributed by atoms with van der Waals surface area (Å²) in [7, 11) is 0. The highest BCUT2D eigenvalue weighted by molar-refractivity contribution is 5.73. The Balaban J connectivity index is 1.64. The van der Waals surface area contributed by atoms with Gasteiger partial charge in [0.15, 0.2) is 0 Å². The Labute approximate surface area is 181 Å². The summed E-state index contributed by atoms with van der Waals surface area (Å²) in [5.41, 5.74) is 1.31. The summed E-state index contributed by atoms with van der Waals surface area (Å²) in [4.78, 5) is 23.9. The van der Waals surface area contributed by atoms with E-state index in [9.17, 15) is 24.9 Å². The third kappa shape index (κ3) is 7.88. The number of phenols is 1. The Morgan fingerprint density at radius 1 is 0.806 bits per heavy atom. The van der Waals surface area contributed by atoms with Crippen LogP contribution in [-0.4, -0.2) is 27.3 Å². The maximum Gasteiger partial charge on any atom is 0.311 e. The number of aliphatic hydroxyl groups excluding tert-OH is 2. The fourth-order valence-electron chi connectivity index (χ4n) is 2.96. The molecule has 0 heterocycles. The second-order valence-electron chi connectivity index (χ2n) is 7.04. The Hall–Kier alpha value is -3.16. The molecule has 0 fully saturated rings. The number of benzene rings is 2. The Morgan fingerprint density at radius 3 is 1.74 bits per heavy atom. The van der Waals surface area contributed by atoms with Crippen LogP contribution in [0.3, 0.4) is 0 Å². The SMILES string of the molecule is C=Cc1ccc(OC(=O)CCCCCCC(=O)Oc2cc(CO)c(O)c(CO)c2)cc1. The molecule has 0 saturated heterocycles. The van der Waals surface area contributed by atoms with E-state index in [1.54, 1.807) is 18.2 Å². The van der Waals surface area contributed by atoms with Crippen LogP contribution in [0.1, 0.15) is 55.2 Å². The minimum Gasteiger partial charge on any atom is -0.507 e. The van der Waals surface area contributed by atoms with E-state index < -0.39 is 19.2 Å². The molecule has 0 aromatic heterocycles. The first-order chi connectivity index (χ1) is 15.0. The molecule has 3 N–H and O–H groups in total. The lowest BCUT2D eigenvalue weighted by molar-refractivity contribution is -0.135. The second-order valence-corrected chi connectivity index (χ2v) is 7.04. The first-order valence-corrected chi connectivity index (χ1v) is 10.2. The van der Waals surface area contributed by atoms with Crippen molar-refractivity contribution < 1.29 is 34.4 Å². The molecule has 0 bridgehead atoms. The predicted molar refractivity (Wildman–Crippen MR) is 115 cm³/mol. The highest BCUT2D eigenvalue weighted by Crippen LogP contribution is 2.29. The van der Waals surface area contributed by atoms with Crippen LogP contribution in [0, 0.1) is 0 Å². The van der Waals surface area contributed by atoms with Gasteiger partial charge in [-0.1, -0.05) is 37.6 Å². The highest BCUT2D eigenvalue weighted by atomic mass is 16.5. The van der Waals surface area contributed by atoms with Crippen molar-refractivity contribution in [3.63, 3.8) is 0 Å². The summed E-state index contributed by atoms with van der Waals surface area (Å²) in [5.74, 6) is -0.281. The molecule has 2 aromatic carbocycles. The smallest absolute Gasteiger partial charge is 0.311 e. The van der Waals surface area contributed by atoms with Gasteiger partial charge in [0, 0.05) is 24.0 Å². The number of aliphatic hydroxyl groups is 2. The van der Waals surface area contributed by atoms with E-state index in [0.717, 1.165) is 18.4 Å². The lowest BCUT2D eigenvalue weighted by Crippen LogP contribution is -2.09. The molecule has 0 unspecified atom stereocenters. The van der Waals surface area contributed by atoms with E-state index in [-0.39, 0.29) is 35.0 Å². The number of ether oxygens (including phenoxy) is 2. The fourth-order valence-corrected chi connectivity index (χ4v) is 2.96. The summed E-state index contributed by atoms with van der Waals surface area (Å²) in [6.07, 6.45) is 5.02. The van der Waals surface area contributed by atoms with Crippen molar-refractivity contribution in [3.8, 4) is 17.2 Å². The number of aromatic hydroxyl groups is 1. The van der Waals surface area contributed by atoms with Gasteiger partial charge in [0.25, 0.3) is 0 Å². The Kier molecular flexibility index (Phi) is 9.74. The number of carbonyl (C=O) groups excluding carboxylic acids is 2. The second kappa shape index (κ2) is 12.5. The van der Waals surface area contributed by atoms with Crippen molar-refractivity contribution in [2.45, 2.75) is 51.7 Å². The molecule has 0 aliphatic rings. The average molecular weight is 428 g/mol. The molecule has 0 saturated carbocycles. The van der Waals surface area contributed by atoms with Crippen molar-refractivity contribution in [1.29, 1.82) is 0 Å². The maximum absolute atomic E-state index is 12.0. The quantitative estimate of drug-likeness (QED) is 0.267. The number of rotatable bonds is 12. The van der Waals surface area contributed by atoms with Crippen LogP contribution in [0.5, 0.6) is 17.2 Å². The van der Waals surface area contributed by atoms with Crippen LogP contribution in [-0.2, 0) is 22.8 Å². The van der Waals surface area contributed by atoms with Gasteiger partial charge in [0.05, 0.1) is 13.2 Å². The fraction of sp³-hybridized carbons (Fsp3) is 0.333. The monoisotopic (exact) mass is 428 g/mol. The van der Waals surface area contributed by atoms with Gasteiger partial charge in [-0.05, 0) is 42.7 Å². The number of unbranched alkanes of at least 4 members (excludes halogenated alkanes) is 3. The van der Waals surface area contributed by atoms with Crippen LogP contribution in [0.25, 0.3) is 6.08 Å². The predicted octanol–water partition coefficient (Wildman–Crippen LogP) is 3.87. The van der Waals surface area contributed by atoms with Crippen LogP contribution in [0.2, 0.25) is 0 Å². The normalized spacial score (nSPS) is 10.5. The minimum absolute atomic E-state index is 0.166. The first kappa shape index (κ1) is 24.1. The minimum atomic E-state index is -0.444. The van der Waals surface area contributed by atoms with E-state index in [0.29, 0.717) is 25.0 Å². The molecule has 0 amide bonds. The molecule has 0 aliphatic heterocycles. The van der Waals surface area contributed by atoms with Crippen molar-refractivity contribution in [2.24, 2.45) is 0 Å². The molecule has 0 radical (unpaired) electrons. The van der Waals surface area contributed by atoms with Crippen LogP contribution >= 0.6 is 0 Å². The van der Waals surface area contributed by atoms with Crippen LogP contribution < -0.4 is 9.47 Å². The van der Waals surface area contributed by atoms with Crippen molar-refractivity contribution in [3.05, 3.63) is 59.7 Å². The molecular weight excluding hydrogens is 400 g/mol. The van der Waals surface area contributed by atoms with Gasteiger partial charge in [0.1, 0.15) is 17.2 Å². The summed E-state index contributed by atoms with van der Waals surface area (Å²) in [5, 5.41) is 28.3.